The van der Waals surface area contributed by atoms with Crippen molar-refractivity contribution >= 4 is 8.32 Å². The summed E-state index contributed by atoms with van der Waals surface area (Å²) >= 11 is 0. The fourth-order valence-electron chi connectivity index (χ4n) is 1.04. The van der Waals surface area contributed by atoms with Crippen LogP contribution in [0, 0.1) is 12.3 Å². The molecule has 0 bridgehead atoms. The lowest BCUT2D eigenvalue weighted by Gasteiger charge is -2.38. The molecule has 0 aromatic rings. The first-order valence-corrected chi connectivity index (χ1v) is 8.87. The largest absolute Gasteiger partial charge is 0.403 e. The van der Waals surface area contributed by atoms with Crippen LogP contribution < -0.4 is 0 Å². The summed E-state index contributed by atoms with van der Waals surface area (Å²) in [6.45, 7) is 14.5. The second kappa shape index (κ2) is 6.44. The Bertz CT molecular complexity index is 235. The van der Waals surface area contributed by atoms with Gasteiger partial charge < -0.3 is 9.16 Å². The fraction of sp³-hybridized carbons (Fsp3) is 0.846. The zero-order valence-electron chi connectivity index (χ0n) is 11.6. The summed E-state index contributed by atoms with van der Waals surface area (Å²) in [5.41, 5.74) is 0. The summed E-state index contributed by atoms with van der Waals surface area (Å²) in [4.78, 5) is 0. The zero-order valence-corrected chi connectivity index (χ0v) is 12.6. The van der Waals surface area contributed by atoms with Crippen LogP contribution in [0.1, 0.15) is 34.1 Å². The van der Waals surface area contributed by atoms with E-state index in [1.807, 2.05) is 6.92 Å². The van der Waals surface area contributed by atoms with E-state index in [1.54, 1.807) is 0 Å². The fourth-order valence-corrected chi connectivity index (χ4v) is 2.29. The highest BCUT2D eigenvalue weighted by Gasteiger charge is 2.38. The molecule has 0 spiro atoms. The van der Waals surface area contributed by atoms with Crippen LogP contribution >= 0.6 is 0 Å². The molecular formula is C13H26O2Si. The van der Waals surface area contributed by atoms with Crippen molar-refractivity contribution in [1.29, 1.82) is 0 Å². The monoisotopic (exact) mass is 242 g/mol. The standard InChI is InChI=1S/C13H26O2Si/c1-8-12(10-11-14-9-2)15-16(6,7)13(3,4)5/h1,12H,9-11H2,2-7H3/t12-/m0/s1. The van der Waals surface area contributed by atoms with Gasteiger partial charge in [-0.3, -0.25) is 0 Å². The number of rotatable bonds is 6. The Morgan fingerprint density at radius 1 is 1.31 bits per heavy atom. The smallest absolute Gasteiger partial charge is 0.193 e. The molecule has 0 aromatic carbocycles. The van der Waals surface area contributed by atoms with Crippen LogP contribution in [0.4, 0.5) is 0 Å². The minimum Gasteiger partial charge on any atom is -0.403 e. The molecule has 0 heterocycles. The molecule has 16 heavy (non-hydrogen) atoms. The lowest BCUT2D eigenvalue weighted by molar-refractivity contribution is 0.113. The van der Waals surface area contributed by atoms with E-state index in [4.69, 9.17) is 15.6 Å². The van der Waals surface area contributed by atoms with Crippen molar-refractivity contribution in [1.82, 2.24) is 0 Å². The number of ether oxygens (including phenoxy) is 1. The maximum absolute atomic E-state index is 6.12. The van der Waals surface area contributed by atoms with Crippen molar-refractivity contribution < 1.29 is 9.16 Å². The molecule has 94 valence electrons. The van der Waals surface area contributed by atoms with E-state index in [0.29, 0.717) is 6.61 Å². The van der Waals surface area contributed by atoms with Gasteiger partial charge in [-0.05, 0) is 25.1 Å². The first-order chi connectivity index (χ1) is 7.24. The van der Waals surface area contributed by atoms with Gasteiger partial charge in [0, 0.05) is 19.6 Å². The summed E-state index contributed by atoms with van der Waals surface area (Å²) < 4.78 is 11.4. The zero-order chi connectivity index (χ0) is 12.8. The van der Waals surface area contributed by atoms with Crippen molar-refractivity contribution in [2.45, 2.75) is 58.4 Å². The normalized spacial score (nSPS) is 14.6. The highest BCUT2D eigenvalue weighted by molar-refractivity contribution is 6.74. The molecule has 0 aliphatic heterocycles. The van der Waals surface area contributed by atoms with Crippen molar-refractivity contribution in [3.63, 3.8) is 0 Å². The number of hydrogen-bond donors (Lipinski definition) is 0. The maximum Gasteiger partial charge on any atom is 0.193 e. The average molecular weight is 242 g/mol. The topological polar surface area (TPSA) is 18.5 Å². The van der Waals surface area contributed by atoms with Crippen LogP contribution in [0.3, 0.4) is 0 Å². The van der Waals surface area contributed by atoms with Crippen LogP contribution in [-0.2, 0) is 9.16 Å². The highest BCUT2D eigenvalue weighted by Crippen LogP contribution is 2.37. The second-order valence-electron chi connectivity index (χ2n) is 5.52. The van der Waals surface area contributed by atoms with Gasteiger partial charge in [-0.25, -0.2) is 0 Å². The van der Waals surface area contributed by atoms with Gasteiger partial charge in [-0.1, -0.05) is 26.7 Å². The molecule has 2 nitrogen and oxygen atoms in total. The SMILES string of the molecule is C#C[C@@H](CCOCC)O[Si](C)(C)C(C)(C)C. The predicted molar refractivity (Wildman–Crippen MR) is 72.0 cm³/mol. The van der Waals surface area contributed by atoms with E-state index in [9.17, 15) is 0 Å². The van der Waals surface area contributed by atoms with Crippen LogP contribution in [-0.4, -0.2) is 27.6 Å². The molecule has 0 amide bonds. The molecule has 0 rings (SSSR count). The van der Waals surface area contributed by atoms with Crippen LogP contribution in [0.2, 0.25) is 18.1 Å². The van der Waals surface area contributed by atoms with E-state index in [1.165, 1.54) is 0 Å². The van der Waals surface area contributed by atoms with E-state index < -0.39 is 8.32 Å². The third kappa shape index (κ3) is 5.15. The molecule has 1 atom stereocenters. The summed E-state index contributed by atoms with van der Waals surface area (Å²) in [5.74, 6) is 2.72. The lowest BCUT2D eigenvalue weighted by Crippen LogP contribution is -2.43. The molecule has 0 N–H and O–H groups in total. The highest BCUT2D eigenvalue weighted by atomic mass is 28.4. The first kappa shape index (κ1) is 15.7. The van der Waals surface area contributed by atoms with E-state index in [2.05, 4.69) is 39.8 Å². The second-order valence-corrected chi connectivity index (χ2v) is 10.3. The molecule has 0 unspecified atom stereocenters. The Kier molecular flexibility index (Phi) is 6.31. The van der Waals surface area contributed by atoms with Gasteiger partial charge in [0.1, 0.15) is 6.10 Å². The Balaban J connectivity index is 4.27. The molecule has 3 heteroatoms. The summed E-state index contributed by atoms with van der Waals surface area (Å²) in [6.07, 6.45) is 6.18. The van der Waals surface area contributed by atoms with Crippen LogP contribution in [0.5, 0.6) is 0 Å². The van der Waals surface area contributed by atoms with E-state index in [0.717, 1.165) is 13.0 Å². The van der Waals surface area contributed by atoms with Gasteiger partial charge >= 0.3 is 0 Å². The van der Waals surface area contributed by atoms with Gasteiger partial charge in [-0.2, -0.15) is 0 Å². The third-order valence-electron chi connectivity index (χ3n) is 3.16. The summed E-state index contributed by atoms with van der Waals surface area (Å²) in [6, 6.07) is 0. The Morgan fingerprint density at radius 3 is 2.25 bits per heavy atom. The Labute approximate surface area is 102 Å². The number of terminal acetylenes is 1. The van der Waals surface area contributed by atoms with Crippen molar-refractivity contribution in [2.24, 2.45) is 0 Å². The Morgan fingerprint density at radius 2 is 1.88 bits per heavy atom. The van der Waals surface area contributed by atoms with Gasteiger partial charge in [0.25, 0.3) is 0 Å². The molecular weight excluding hydrogens is 216 g/mol. The van der Waals surface area contributed by atoms with E-state index >= 15 is 0 Å². The molecule has 0 radical (unpaired) electrons. The van der Waals surface area contributed by atoms with Gasteiger partial charge in [-0.15, -0.1) is 6.42 Å². The molecule has 0 fully saturated rings. The molecule has 0 aliphatic rings. The molecule has 0 aliphatic carbocycles. The van der Waals surface area contributed by atoms with Gasteiger partial charge in [0.05, 0.1) is 0 Å². The van der Waals surface area contributed by atoms with Crippen molar-refractivity contribution in [3.8, 4) is 12.3 Å². The maximum atomic E-state index is 6.12. The van der Waals surface area contributed by atoms with Crippen LogP contribution in [0.15, 0.2) is 0 Å². The predicted octanol–water partition coefficient (Wildman–Crippen LogP) is 3.44. The van der Waals surface area contributed by atoms with Gasteiger partial charge in [0.15, 0.2) is 8.32 Å². The van der Waals surface area contributed by atoms with E-state index in [-0.39, 0.29) is 11.1 Å². The number of hydrogen-bond acceptors (Lipinski definition) is 2. The third-order valence-corrected chi connectivity index (χ3v) is 7.64. The van der Waals surface area contributed by atoms with Crippen molar-refractivity contribution in [3.05, 3.63) is 0 Å². The molecule has 0 saturated heterocycles. The molecule has 0 aromatic heterocycles. The average Bonchev–Trinajstić information content (AvgIpc) is 2.14. The van der Waals surface area contributed by atoms with Gasteiger partial charge in [0.2, 0.25) is 0 Å². The van der Waals surface area contributed by atoms with Crippen LogP contribution in [0.25, 0.3) is 0 Å². The molecule has 0 saturated carbocycles. The lowest BCUT2D eigenvalue weighted by atomic mass is 10.2. The minimum absolute atomic E-state index is 0.104. The Hall–Kier alpha value is -0.303. The minimum atomic E-state index is -1.75. The summed E-state index contributed by atoms with van der Waals surface area (Å²) in [7, 11) is -1.75. The summed E-state index contributed by atoms with van der Waals surface area (Å²) in [5, 5.41) is 0.202. The first-order valence-electron chi connectivity index (χ1n) is 5.96. The van der Waals surface area contributed by atoms with Crippen molar-refractivity contribution in [2.75, 3.05) is 13.2 Å². The quantitative estimate of drug-likeness (QED) is 0.403.